The molecule has 0 spiro atoms. The van der Waals surface area contributed by atoms with E-state index in [9.17, 15) is 4.79 Å². The summed E-state index contributed by atoms with van der Waals surface area (Å²) in [4.78, 5) is 13.9. The molecule has 0 saturated carbocycles. The molecule has 1 N–H and O–H groups in total. The van der Waals surface area contributed by atoms with Crippen LogP contribution in [0.2, 0.25) is 0 Å². The van der Waals surface area contributed by atoms with Gasteiger partial charge in [0.15, 0.2) is 0 Å². The zero-order valence-corrected chi connectivity index (χ0v) is 12.6. The Morgan fingerprint density at radius 1 is 1.40 bits per heavy atom. The number of hydrogen-bond donors (Lipinski definition) is 1. The molecule has 2 rings (SSSR count). The molecule has 1 heterocycles. The fourth-order valence-corrected chi connectivity index (χ4v) is 2.76. The second-order valence-electron chi connectivity index (χ2n) is 5.65. The van der Waals surface area contributed by atoms with Gasteiger partial charge in [0.2, 0.25) is 0 Å². The molecule has 1 aliphatic heterocycles. The van der Waals surface area contributed by atoms with E-state index in [2.05, 4.69) is 24.2 Å². The molecular formula is C16H24N2O2. The van der Waals surface area contributed by atoms with Crippen LogP contribution in [-0.2, 0) is 4.74 Å². The fraction of sp³-hybridized carbons (Fsp3) is 0.562. The molecule has 0 radical (unpaired) electrons. The number of carbonyl (C=O) groups is 1. The molecular weight excluding hydrogens is 252 g/mol. The molecule has 1 aromatic carbocycles. The topological polar surface area (TPSA) is 41.6 Å². The molecule has 20 heavy (non-hydrogen) atoms. The summed E-state index contributed by atoms with van der Waals surface area (Å²) >= 11 is 0. The molecule has 1 aliphatic rings. The van der Waals surface area contributed by atoms with Crippen LogP contribution in [-0.4, -0.2) is 44.2 Å². The summed E-state index contributed by atoms with van der Waals surface area (Å²) in [5.74, 6) is 0.397. The standard InChI is InChI=1S/C16H24N2O2/c1-12(13-7-9-18(2)10-8-13)17-15-6-4-5-14(11-15)16(19)20-3/h4-6,11-13,17H,7-10H2,1-3H3. The second-order valence-corrected chi connectivity index (χ2v) is 5.65. The van der Waals surface area contributed by atoms with E-state index >= 15 is 0 Å². The number of piperidine rings is 1. The normalized spacial score (nSPS) is 18.6. The maximum absolute atomic E-state index is 11.5. The molecule has 1 unspecified atom stereocenters. The number of ether oxygens (including phenoxy) is 1. The number of hydrogen-bond acceptors (Lipinski definition) is 4. The predicted molar refractivity (Wildman–Crippen MR) is 81.1 cm³/mol. The monoisotopic (exact) mass is 276 g/mol. The Morgan fingerprint density at radius 3 is 2.75 bits per heavy atom. The van der Waals surface area contributed by atoms with Crippen molar-refractivity contribution >= 4 is 11.7 Å². The van der Waals surface area contributed by atoms with Gasteiger partial charge in [-0.2, -0.15) is 0 Å². The quantitative estimate of drug-likeness (QED) is 0.858. The number of nitrogens with zero attached hydrogens (tertiary/aromatic N) is 1. The van der Waals surface area contributed by atoms with Crippen molar-refractivity contribution < 1.29 is 9.53 Å². The van der Waals surface area contributed by atoms with Gasteiger partial charge in [-0.1, -0.05) is 6.07 Å². The fourth-order valence-electron chi connectivity index (χ4n) is 2.76. The summed E-state index contributed by atoms with van der Waals surface area (Å²) in [5, 5.41) is 3.52. The van der Waals surface area contributed by atoms with Gasteiger partial charge in [-0.3, -0.25) is 0 Å². The minimum Gasteiger partial charge on any atom is -0.465 e. The van der Waals surface area contributed by atoms with Gasteiger partial charge in [-0.15, -0.1) is 0 Å². The average molecular weight is 276 g/mol. The molecule has 4 heteroatoms. The van der Waals surface area contributed by atoms with Crippen LogP contribution in [0.4, 0.5) is 5.69 Å². The van der Waals surface area contributed by atoms with E-state index in [1.807, 2.05) is 18.2 Å². The summed E-state index contributed by atoms with van der Waals surface area (Å²) in [6.45, 7) is 4.55. The lowest BCUT2D eigenvalue weighted by Crippen LogP contribution is -2.37. The van der Waals surface area contributed by atoms with Crippen molar-refractivity contribution in [2.75, 3.05) is 32.6 Å². The molecule has 110 valence electrons. The van der Waals surface area contributed by atoms with Crippen molar-refractivity contribution in [2.45, 2.75) is 25.8 Å². The van der Waals surface area contributed by atoms with Crippen LogP contribution in [0.1, 0.15) is 30.1 Å². The molecule has 4 nitrogen and oxygen atoms in total. The first-order valence-corrected chi connectivity index (χ1v) is 7.23. The van der Waals surface area contributed by atoms with Gasteiger partial charge in [-0.05, 0) is 64.0 Å². The Labute approximate surface area is 121 Å². The summed E-state index contributed by atoms with van der Waals surface area (Å²) in [7, 11) is 3.58. The average Bonchev–Trinajstić information content (AvgIpc) is 2.47. The van der Waals surface area contributed by atoms with E-state index in [0.717, 1.165) is 5.69 Å². The summed E-state index contributed by atoms with van der Waals surface area (Å²) in [5.41, 5.74) is 1.58. The molecule has 0 aliphatic carbocycles. The summed E-state index contributed by atoms with van der Waals surface area (Å²) in [6, 6.07) is 7.93. The SMILES string of the molecule is COC(=O)c1cccc(NC(C)C2CCN(C)CC2)c1. The first kappa shape index (κ1) is 14.9. The molecule has 1 atom stereocenters. The number of rotatable bonds is 4. The number of nitrogens with one attached hydrogen (secondary N) is 1. The smallest absolute Gasteiger partial charge is 0.337 e. The summed E-state index contributed by atoms with van der Waals surface area (Å²) < 4.78 is 4.75. The van der Waals surface area contributed by atoms with Gasteiger partial charge >= 0.3 is 5.97 Å². The van der Waals surface area contributed by atoms with Crippen molar-refractivity contribution in [3.8, 4) is 0 Å². The summed E-state index contributed by atoms with van der Waals surface area (Å²) in [6.07, 6.45) is 2.45. The number of likely N-dealkylation sites (tertiary alicyclic amines) is 1. The number of carbonyl (C=O) groups excluding carboxylic acids is 1. The van der Waals surface area contributed by atoms with Crippen LogP contribution >= 0.6 is 0 Å². The van der Waals surface area contributed by atoms with Crippen molar-refractivity contribution in [3.63, 3.8) is 0 Å². The maximum atomic E-state index is 11.5. The van der Waals surface area contributed by atoms with Crippen LogP contribution in [0.3, 0.4) is 0 Å². The van der Waals surface area contributed by atoms with E-state index < -0.39 is 0 Å². The van der Waals surface area contributed by atoms with E-state index in [-0.39, 0.29) is 5.97 Å². The van der Waals surface area contributed by atoms with Crippen molar-refractivity contribution in [2.24, 2.45) is 5.92 Å². The molecule has 0 bridgehead atoms. The Balaban J connectivity index is 1.97. The molecule has 0 amide bonds. The van der Waals surface area contributed by atoms with Gasteiger partial charge in [0.25, 0.3) is 0 Å². The van der Waals surface area contributed by atoms with Gasteiger partial charge in [-0.25, -0.2) is 4.79 Å². The molecule has 1 fully saturated rings. The zero-order valence-electron chi connectivity index (χ0n) is 12.6. The number of anilines is 1. The van der Waals surface area contributed by atoms with Crippen LogP contribution < -0.4 is 5.32 Å². The third-order valence-corrected chi connectivity index (χ3v) is 4.15. The number of benzene rings is 1. The first-order valence-electron chi connectivity index (χ1n) is 7.23. The lowest BCUT2D eigenvalue weighted by Gasteiger charge is -2.33. The third-order valence-electron chi connectivity index (χ3n) is 4.15. The lowest BCUT2D eigenvalue weighted by molar-refractivity contribution is 0.0601. The van der Waals surface area contributed by atoms with Gasteiger partial charge in [0.1, 0.15) is 0 Å². The Bertz CT molecular complexity index is 454. The van der Waals surface area contributed by atoms with Crippen LogP contribution in [0.25, 0.3) is 0 Å². The Kier molecular flexibility index (Phi) is 5.01. The molecule has 1 saturated heterocycles. The second kappa shape index (κ2) is 6.75. The third kappa shape index (κ3) is 3.73. The minimum atomic E-state index is -0.291. The first-order chi connectivity index (χ1) is 9.60. The highest BCUT2D eigenvalue weighted by Crippen LogP contribution is 2.23. The van der Waals surface area contributed by atoms with Crippen LogP contribution in [0, 0.1) is 5.92 Å². The van der Waals surface area contributed by atoms with Crippen LogP contribution in [0.5, 0.6) is 0 Å². The highest BCUT2D eigenvalue weighted by molar-refractivity contribution is 5.90. The van der Waals surface area contributed by atoms with E-state index in [1.54, 1.807) is 6.07 Å². The zero-order chi connectivity index (χ0) is 14.5. The van der Waals surface area contributed by atoms with Gasteiger partial charge in [0, 0.05) is 11.7 Å². The van der Waals surface area contributed by atoms with E-state index in [1.165, 1.54) is 33.0 Å². The van der Waals surface area contributed by atoms with E-state index in [0.29, 0.717) is 17.5 Å². The number of esters is 1. The van der Waals surface area contributed by atoms with Gasteiger partial charge in [0.05, 0.1) is 12.7 Å². The lowest BCUT2D eigenvalue weighted by atomic mass is 9.90. The Hall–Kier alpha value is -1.55. The minimum absolute atomic E-state index is 0.291. The largest absolute Gasteiger partial charge is 0.465 e. The highest BCUT2D eigenvalue weighted by Gasteiger charge is 2.22. The van der Waals surface area contributed by atoms with Crippen molar-refractivity contribution in [1.29, 1.82) is 0 Å². The maximum Gasteiger partial charge on any atom is 0.337 e. The highest BCUT2D eigenvalue weighted by atomic mass is 16.5. The van der Waals surface area contributed by atoms with Crippen molar-refractivity contribution in [1.82, 2.24) is 4.90 Å². The van der Waals surface area contributed by atoms with Gasteiger partial charge < -0.3 is 15.0 Å². The molecule has 0 aromatic heterocycles. The molecule has 1 aromatic rings. The van der Waals surface area contributed by atoms with Crippen molar-refractivity contribution in [3.05, 3.63) is 29.8 Å². The van der Waals surface area contributed by atoms with E-state index in [4.69, 9.17) is 4.74 Å². The number of methoxy groups -OCH3 is 1. The van der Waals surface area contributed by atoms with Crippen LogP contribution in [0.15, 0.2) is 24.3 Å². The Morgan fingerprint density at radius 2 is 2.10 bits per heavy atom. The predicted octanol–water partition coefficient (Wildman–Crippen LogP) is 2.62.